The van der Waals surface area contributed by atoms with Crippen LogP contribution < -0.4 is 11.1 Å². The summed E-state index contributed by atoms with van der Waals surface area (Å²) < 4.78 is 0. The van der Waals surface area contributed by atoms with Gasteiger partial charge in [0, 0.05) is 6.04 Å². The first kappa shape index (κ1) is 9.00. The van der Waals surface area contributed by atoms with Gasteiger partial charge in [0.2, 0.25) is 5.91 Å². The Balaban J connectivity index is 1.93. The topological polar surface area (TPSA) is 55.1 Å². The zero-order valence-corrected chi connectivity index (χ0v) is 8.18. The zero-order chi connectivity index (χ0) is 9.47. The Bertz CT molecular complexity index is 205. The predicted octanol–water partition coefficient (Wildman–Crippen LogP) is 0.783. The lowest BCUT2D eigenvalue weighted by Crippen LogP contribution is -2.54. The second-order valence-corrected chi connectivity index (χ2v) is 4.76. The molecule has 0 saturated heterocycles. The summed E-state index contributed by atoms with van der Waals surface area (Å²) in [5, 5.41) is 3.36. The summed E-state index contributed by atoms with van der Waals surface area (Å²) in [6, 6.07) is 0.552. The minimum Gasteiger partial charge on any atom is -0.368 e. The third kappa shape index (κ3) is 2.21. The highest BCUT2D eigenvalue weighted by Crippen LogP contribution is 2.37. The molecule has 0 aliphatic heterocycles. The zero-order valence-electron chi connectivity index (χ0n) is 8.18. The number of hydrogen-bond donors (Lipinski definition) is 2. The van der Waals surface area contributed by atoms with Crippen LogP contribution in [-0.4, -0.2) is 17.5 Å². The largest absolute Gasteiger partial charge is 0.368 e. The van der Waals surface area contributed by atoms with Crippen molar-refractivity contribution in [1.82, 2.24) is 5.32 Å². The molecule has 2 saturated carbocycles. The van der Waals surface area contributed by atoms with Gasteiger partial charge in [0.05, 0.1) is 5.54 Å². The van der Waals surface area contributed by atoms with E-state index in [0.717, 1.165) is 12.3 Å². The van der Waals surface area contributed by atoms with Crippen LogP contribution >= 0.6 is 0 Å². The van der Waals surface area contributed by atoms with Crippen molar-refractivity contribution in [2.45, 2.75) is 50.6 Å². The maximum atomic E-state index is 11.3. The van der Waals surface area contributed by atoms with Crippen molar-refractivity contribution in [3.8, 4) is 0 Å². The van der Waals surface area contributed by atoms with Gasteiger partial charge in [-0.3, -0.25) is 4.79 Å². The lowest BCUT2D eigenvalue weighted by Gasteiger charge is -2.27. The van der Waals surface area contributed by atoms with Crippen LogP contribution in [0.1, 0.15) is 39.0 Å². The molecule has 0 spiro atoms. The minimum absolute atomic E-state index is 0.189. The number of nitrogens with one attached hydrogen (secondary N) is 1. The quantitative estimate of drug-likeness (QED) is 0.660. The molecule has 0 aromatic rings. The van der Waals surface area contributed by atoms with Crippen LogP contribution in [0.4, 0.5) is 0 Å². The molecule has 2 aliphatic rings. The SMILES string of the molecule is CC(CC1CC1)(NC1CC1)C(N)=O. The normalized spacial score (nSPS) is 26.8. The summed E-state index contributed by atoms with van der Waals surface area (Å²) in [7, 11) is 0. The van der Waals surface area contributed by atoms with Crippen molar-refractivity contribution >= 4 is 5.91 Å². The van der Waals surface area contributed by atoms with Gasteiger partial charge in [0.25, 0.3) is 0 Å². The highest BCUT2D eigenvalue weighted by atomic mass is 16.1. The Labute approximate surface area is 79.1 Å². The number of primary amides is 1. The fourth-order valence-electron chi connectivity index (χ4n) is 1.81. The Morgan fingerprint density at radius 1 is 1.46 bits per heavy atom. The number of hydrogen-bond acceptors (Lipinski definition) is 2. The lowest BCUT2D eigenvalue weighted by atomic mass is 9.94. The molecule has 3 nitrogen and oxygen atoms in total. The number of rotatable bonds is 5. The van der Waals surface area contributed by atoms with E-state index in [0.29, 0.717) is 6.04 Å². The van der Waals surface area contributed by atoms with Crippen molar-refractivity contribution in [2.75, 3.05) is 0 Å². The molecule has 1 unspecified atom stereocenters. The first-order valence-corrected chi connectivity index (χ1v) is 5.18. The van der Waals surface area contributed by atoms with Gasteiger partial charge < -0.3 is 11.1 Å². The van der Waals surface area contributed by atoms with E-state index in [2.05, 4.69) is 5.32 Å². The first-order chi connectivity index (χ1) is 6.10. The second-order valence-electron chi connectivity index (χ2n) is 4.76. The molecule has 2 rings (SSSR count). The van der Waals surface area contributed by atoms with Gasteiger partial charge in [0.1, 0.15) is 0 Å². The molecule has 74 valence electrons. The average molecular weight is 182 g/mol. The monoisotopic (exact) mass is 182 g/mol. The molecular weight excluding hydrogens is 164 g/mol. The minimum atomic E-state index is -0.442. The maximum Gasteiger partial charge on any atom is 0.237 e. The summed E-state index contributed by atoms with van der Waals surface area (Å²) in [4.78, 5) is 11.3. The van der Waals surface area contributed by atoms with Crippen LogP contribution in [0, 0.1) is 5.92 Å². The van der Waals surface area contributed by atoms with E-state index in [-0.39, 0.29) is 5.91 Å². The Hall–Kier alpha value is -0.570. The molecule has 1 atom stereocenters. The van der Waals surface area contributed by atoms with Crippen molar-refractivity contribution in [1.29, 1.82) is 0 Å². The first-order valence-electron chi connectivity index (χ1n) is 5.18. The van der Waals surface area contributed by atoms with Gasteiger partial charge in [-0.2, -0.15) is 0 Å². The smallest absolute Gasteiger partial charge is 0.237 e. The lowest BCUT2D eigenvalue weighted by molar-refractivity contribution is -0.124. The van der Waals surface area contributed by atoms with Crippen molar-refractivity contribution in [2.24, 2.45) is 11.7 Å². The molecule has 3 N–H and O–H groups in total. The number of nitrogens with two attached hydrogens (primary N) is 1. The Kier molecular flexibility index (Phi) is 2.06. The highest BCUT2D eigenvalue weighted by Gasteiger charge is 2.40. The van der Waals surface area contributed by atoms with Crippen LogP contribution in [0.25, 0.3) is 0 Å². The van der Waals surface area contributed by atoms with Crippen LogP contribution in [0.5, 0.6) is 0 Å². The molecule has 13 heavy (non-hydrogen) atoms. The fourth-order valence-corrected chi connectivity index (χ4v) is 1.81. The third-order valence-electron chi connectivity index (χ3n) is 3.04. The molecule has 0 bridgehead atoms. The summed E-state index contributed by atoms with van der Waals surface area (Å²) in [6.45, 7) is 1.95. The summed E-state index contributed by atoms with van der Waals surface area (Å²) in [5.41, 5.74) is 4.98. The van der Waals surface area contributed by atoms with E-state index in [1.54, 1.807) is 0 Å². The van der Waals surface area contributed by atoms with E-state index in [9.17, 15) is 4.79 Å². The van der Waals surface area contributed by atoms with Gasteiger partial charge in [-0.15, -0.1) is 0 Å². The van der Waals surface area contributed by atoms with Crippen molar-refractivity contribution in [3.05, 3.63) is 0 Å². The molecule has 1 amide bonds. The molecule has 2 aliphatic carbocycles. The number of carbonyl (C=O) groups excluding carboxylic acids is 1. The summed E-state index contributed by atoms with van der Waals surface area (Å²) in [5.74, 6) is 0.551. The molecule has 0 aromatic carbocycles. The Morgan fingerprint density at radius 2 is 2.08 bits per heavy atom. The van der Waals surface area contributed by atoms with E-state index in [1.165, 1.54) is 25.7 Å². The molecule has 0 heterocycles. The predicted molar refractivity (Wildman–Crippen MR) is 51.1 cm³/mol. The number of carbonyl (C=O) groups is 1. The average Bonchev–Trinajstić information content (AvgIpc) is 2.83. The van der Waals surface area contributed by atoms with Gasteiger partial charge in [-0.1, -0.05) is 12.8 Å². The van der Waals surface area contributed by atoms with Crippen LogP contribution in [0.2, 0.25) is 0 Å². The van der Waals surface area contributed by atoms with Gasteiger partial charge in [0.15, 0.2) is 0 Å². The van der Waals surface area contributed by atoms with Crippen LogP contribution in [0.15, 0.2) is 0 Å². The third-order valence-corrected chi connectivity index (χ3v) is 3.04. The van der Waals surface area contributed by atoms with Gasteiger partial charge in [-0.05, 0) is 32.1 Å². The van der Waals surface area contributed by atoms with E-state index < -0.39 is 5.54 Å². The summed E-state index contributed by atoms with van der Waals surface area (Å²) >= 11 is 0. The molecule has 0 radical (unpaired) electrons. The molecular formula is C10H18N2O. The maximum absolute atomic E-state index is 11.3. The van der Waals surface area contributed by atoms with Crippen LogP contribution in [0.3, 0.4) is 0 Å². The van der Waals surface area contributed by atoms with Gasteiger partial charge >= 0.3 is 0 Å². The second kappa shape index (κ2) is 2.98. The molecule has 3 heteroatoms. The molecule has 0 aromatic heterocycles. The van der Waals surface area contributed by atoms with Gasteiger partial charge in [-0.25, -0.2) is 0 Å². The highest BCUT2D eigenvalue weighted by molar-refractivity contribution is 5.84. The van der Waals surface area contributed by atoms with E-state index >= 15 is 0 Å². The van der Waals surface area contributed by atoms with Crippen LogP contribution in [-0.2, 0) is 4.79 Å². The standard InChI is InChI=1S/C10H18N2O/c1-10(9(11)13,6-7-2-3-7)12-8-4-5-8/h7-8,12H,2-6H2,1H3,(H2,11,13). The fraction of sp³-hybridized carbons (Fsp3) is 0.900. The summed E-state index contributed by atoms with van der Waals surface area (Å²) in [6.07, 6.45) is 5.88. The van der Waals surface area contributed by atoms with Crippen molar-refractivity contribution in [3.63, 3.8) is 0 Å². The Morgan fingerprint density at radius 3 is 2.46 bits per heavy atom. The number of amides is 1. The van der Waals surface area contributed by atoms with Crippen molar-refractivity contribution < 1.29 is 4.79 Å². The molecule has 2 fully saturated rings. The van der Waals surface area contributed by atoms with E-state index in [1.807, 2.05) is 6.92 Å². The van der Waals surface area contributed by atoms with E-state index in [4.69, 9.17) is 5.73 Å².